The molecule has 1 aliphatic carbocycles. The van der Waals surface area contributed by atoms with E-state index >= 15 is 0 Å². The lowest BCUT2D eigenvalue weighted by molar-refractivity contribution is 0.184. The van der Waals surface area contributed by atoms with Gasteiger partial charge in [-0.1, -0.05) is 30.3 Å². The summed E-state index contributed by atoms with van der Waals surface area (Å²) in [7, 11) is 5.13. The number of nitrogens with one attached hydrogen (secondary N) is 1. The van der Waals surface area contributed by atoms with Gasteiger partial charge in [0, 0.05) is 25.2 Å². The standard InChI is InChI=1S/C24H30N2O3/c1-5-8-20-13-17(14-22(28-3)23(20)29-4)16-25-24(27)26(2)21-12-11-18-9-6-7-10-19(18)15-21/h5-7,9-10,13-14,21H,1,8,11-12,15-16H2,2-4H3,(H,25,27). The molecule has 1 atom stereocenters. The Bertz CT molecular complexity index is 878. The third-order valence-corrected chi connectivity index (χ3v) is 5.61. The van der Waals surface area contributed by atoms with E-state index in [1.54, 1.807) is 14.2 Å². The van der Waals surface area contributed by atoms with Crippen LogP contribution in [-0.2, 0) is 25.8 Å². The highest BCUT2D eigenvalue weighted by Gasteiger charge is 2.24. The molecule has 2 amide bonds. The van der Waals surface area contributed by atoms with Crippen molar-refractivity contribution in [1.82, 2.24) is 10.2 Å². The number of carbonyl (C=O) groups is 1. The van der Waals surface area contributed by atoms with E-state index < -0.39 is 0 Å². The lowest BCUT2D eigenvalue weighted by atomic mass is 9.88. The number of benzene rings is 2. The van der Waals surface area contributed by atoms with Gasteiger partial charge in [-0.2, -0.15) is 0 Å². The quantitative estimate of drug-likeness (QED) is 0.719. The maximum absolute atomic E-state index is 12.8. The van der Waals surface area contributed by atoms with Crippen molar-refractivity contribution in [2.45, 2.75) is 38.3 Å². The van der Waals surface area contributed by atoms with Crippen LogP contribution < -0.4 is 14.8 Å². The SMILES string of the molecule is C=CCc1cc(CNC(=O)N(C)C2CCc3ccccc3C2)cc(OC)c1OC. The second-order valence-corrected chi connectivity index (χ2v) is 7.42. The fourth-order valence-corrected chi connectivity index (χ4v) is 3.99. The molecule has 3 rings (SSSR count). The summed E-state index contributed by atoms with van der Waals surface area (Å²) in [6.45, 7) is 4.24. The van der Waals surface area contributed by atoms with Crippen LogP contribution in [0.1, 0.15) is 28.7 Å². The number of fused-ring (bicyclic) bond motifs is 1. The normalized spacial score (nSPS) is 15.2. The molecule has 5 heteroatoms. The summed E-state index contributed by atoms with van der Waals surface area (Å²) in [5.74, 6) is 1.37. The molecule has 0 fully saturated rings. The van der Waals surface area contributed by atoms with Crippen LogP contribution in [-0.4, -0.2) is 38.2 Å². The summed E-state index contributed by atoms with van der Waals surface area (Å²) in [5.41, 5.74) is 4.70. The van der Waals surface area contributed by atoms with Crippen LogP contribution in [0.15, 0.2) is 49.1 Å². The molecule has 1 N–H and O–H groups in total. The highest BCUT2D eigenvalue weighted by atomic mass is 16.5. The highest BCUT2D eigenvalue weighted by Crippen LogP contribution is 2.33. The Labute approximate surface area is 173 Å². The Morgan fingerprint density at radius 3 is 2.69 bits per heavy atom. The molecule has 5 nitrogen and oxygen atoms in total. The number of hydrogen-bond donors (Lipinski definition) is 1. The highest BCUT2D eigenvalue weighted by molar-refractivity contribution is 5.74. The first-order valence-electron chi connectivity index (χ1n) is 9.99. The van der Waals surface area contributed by atoms with E-state index in [0.717, 1.165) is 30.4 Å². The third-order valence-electron chi connectivity index (χ3n) is 5.61. The Morgan fingerprint density at radius 2 is 2.00 bits per heavy atom. The van der Waals surface area contributed by atoms with E-state index in [-0.39, 0.29) is 12.1 Å². The van der Waals surface area contributed by atoms with Crippen LogP contribution in [0.2, 0.25) is 0 Å². The number of allylic oxidation sites excluding steroid dienone is 1. The molecular formula is C24H30N2O3. The number of methoxy groups -OCH3 is 2. The molecular weight excluding hydrogens is 364 g/mol. The predicted molar refractivity (Wildman–Crippen MR) is 116 cm³/mol. The zero-order valence-electron chi connectivity index (χ0n) is 17.5. The molecule has 154 valence electrons. The first-order valence-corrected chi connectivity index (χ1v) is 9.99. The van der Waals surface area contributed by atoms with Crippen LogP contribution in [0, 0.1) is 0 Å². The summed E-state index contributed by atoms with van der Waals surface area (Å²) in [4.78, 5) is 14.6. The van der Waals surface area contributed by atoms with Crippen LogP contribution in [0.5, 0.6) is 11.5 Å². The molecule has 0 heterocycles. The number of likely N-dealkylation sites (N-methyl/N-ethyl adjacent to an activating group) is 1. The lowest BCUT2D eigenvalue weighted by Gasteiger charge is -2.32. The van der Waals surface area contributed by atoms with Gasteiger partial charge in [0.1, 0.15) is 0 Å². The predicted octanol–water partition coefficient (Wildman–Crippen LogP) is 4.13. The van der Waals surface area contributed by atoms with Crippen molar-refractivity contribution in [3.05, 3.63) is 71.3 Å². The Kier molecular flexibility index (Phi) is 6.81. The summed E-state index contributed by atoms with van der Waals surface area (Å²) in [6.07, 6.45) is 5.40. The minimum atomic E-state index is -0.0607. The minimum Gasteiger partial charge on any atom is -0.493 e. The molecule has 2 aromatic carbocycles. The monoisotopic (exact) mass is 394 g/mol. The fraction of sp³-hybridized carbons (Fsp3) is 0.375. The van der Waals surface area contributed by atoms with Crippen LogP contribution in [0.25, 0.3) is 0 Å². The number of ether oxygens (including phenoxy) is 2. The molecule has 0 radical (unpaired) electrons. The molecule has 0 bridgehead atoms. The number of carbonyl (C=O) groups excluding carboxylic acids is 1. The van der Waals surface area contributed by atoms with Gasteiger partial charge in [0.15, 0.2) is 11.5 Å². The summed E-state index contributed by atoms with van der Waals surface area (Å²) >= 11 is 0. The zero-order chi connectivity index (χ0) is 20.8. The van der Waals surface area contributed by atoms with E-state index in [1.165, 1.54) is 11.1 Å². The van der Waals surface area contributed by atoms with Gasteiger partial charge in [0.2, 0.25) is 0 Å². The van der Waals surface area contributed by atoms with Crippen LogP contribution in [0.4, 0.5) is 4.79 Å². The van der Waals surface area contributed by atoms with Crippen LogP contribution in [0.3, 0.4) is 0 Å². The Balaban J connectivity index is 1.66. The van der Waals surface area contributed by atoms with E-state index in [4.69, 9.17) is 9.47 Å². The summed E-state index contributed by atoms with van der Waals surface area (Å²) in [6, 6.07) is 12.6. The number of urea groups is 1. The lowest BCUT2D eigenvalue weighted by Crippen LogP contribution is -2.45. The average molecular weight is 395 g/mol. The van der Waals surface area contributed by atoms with Crippen LogP contribution >= 0.6 is 0 Å². The Hall–Kier alpha value is -2.95. The van der Waals surface area contributed by atoms with Gasteiger partial charge in [-0.05, 0) is 54.5 Å². The molecule has 29 heavy (non-hydrogen) atoms. The number of rotatable bonds is 7. The molecule has 1 unspecified atom stereocenters. The first-order chi connectivity index (χ1) is 14.1. The van der Waals surface area contributed by atoms with Crippen molar-refractivity contribution in [3.8, 4) is 11.5 Å². The van der Waals surface area contributed by atoms with Gasteiger partial charge in [-0.15, -0.1) is 6.58 Å². The number of amides is 2. The Morgan fingerprint density at radius 1 is 1.24 bits per heavy atom. The number of nitrogens with zero attached hydrogens (tertiary/aromatic N) is 1. The number of aryl methyl sites for hydroxylation is 1. The van der Waals surface area contributed by atoms with Crippen molar-refractivity contribution >= 4 is 6.03 Å². The van der Waals surface area contributed by atoms with Gasteiger partial charge in [0.05, 0.1) is 14.2 Å². The summed E-state index contributed by atoms with van der Waals surface area (Å²) in [5, 5.41) is 3.04. The van der Waals surface area contributed by atoms with Crippen molar-refractivity contribution in [2.75, 3.05) is 21.3 Å². The molecule has 2 aromatic rings. The molecule has 0 spiro atoms. The molecule has 1 aliphatic rings. The smallest absolute Gasteiger partial charge is 0.317 e. The summed E-state index contributed by atoms with van der Waals surface area (Å²) < 4.78 is 10.9. The van der Waals surface area contributed by atoms with Gasteiger partial charge in [-0.25, -0.2) is 4.79 Å². The molecule has 0 aromatic heterocycles. The second-order valence-electron chi connectivity index (χ2n) is 7.42. The fourth-order valence-electron chi connectivity index (χ4n) is 3.99. The topological polar surface area (TPSA) is 50.8 Å². The molecule has 0 aliphatic heterocycles. The van der Waals surface area contributed by atoms with Crippen molar-refractivity contribution in [3.63, 3.8) is 0 Å². The van der Waals surface area contributed by atoms with E-state index in [9.17, 15) is 4.79 Å². The largest absolute Gasteiger partial charge is 0.493 e. The maximum Gasteiger partial charge on any atom is 0.317 e. The van der Waals surface area contributed by atoms with Gasteiger partial charge in [0.25, 0.3) is 0 Å². The second kappa shape index (κ2) is 9.50. The van der Waals surface area contributed by atoms with Gasteiger partial charge < -0.3 is 19.7 Å². The minimum absolute atomic E-state index is 0.0607. The third kappa shape index (κ3) is 4.73. The first kappa shape index (κ1) is 20.8. The molecule has 0 saturated heterocycles. The maximum atomic E-state index is 12.8. The molecule has 0 saturated carbocycles. The van der Waals surface area contributed by atoms with Crippen molar-refractivity contribution in [1.29, 1.82) is 0 Å². The number of hydrogen-bond acceptors (Lipinski definition) is 3. The van der Waals surface area contributed by atoms with Crippen molar-refractivity contribution in [2.24, 2.45) is 0 Å². The average Bonchev–Trinajstić information content (AvgIpc) is 2.76. The van der Waals surface area contributed by atoms with Gasteiger partial charge in [-0.3, -0.25) is 0 Å². The van der Waals surface area contributed by atoms with Gasteiger partial charge >= 0.3 is 6.03 Å². The van der Waals surface area contributed by atoms with E-state index in [1.807, 2.05) is 30.2 Å². The van der Waals surface area contributed by atoms with E-state index in [0.29, 0.717) is 24.5 Å². The van der Waals surface area contributed by atoms with Crippen molar-refractivity contribution < 1.29 is 14.3 Å². The van der Waals surface area contributed by atoms with E-state index in [2.05, 4.69) is 36.2 Å². The zero-order valence-corrected chi connectivity index (χ0v) is 17.5.